The molecule has 0 bridgehead atoms. The Bertz CT molecular complexity index is 474. The number of thiocarbonyl (C=S) groups is 1. The summed E-state index contributed by atoms with van der Waals surface area (Å²) in [5.41, 5.74) is 5.14. The number of amides is 1. The zero-order valence-corrected chi connectivity index (χ0v) is 11.6. The van der Waals surface area contributed by atoms with Gasteiger partial charge < -0.3 is 10.6 Å². The summed E-state index contributed by atoms with van der Waals surface area (Å²) in [6.45, 7) is 5.58. The van der Waals surface area contributed by atoms with Crippen molar-refractivity contribution in [3.8, 4) is 0 Å². The minimum absolute atomic E-state index is 0.127. The van der Waals surface area contributed by atoms with Crippen LogP contribution in [0.4, 0.5) is 10.1 Å². The van der Waals surface area contributed by atoms with Gasteiger partial charge in [0.1, 0.15) is 5.82 Å². The zero-order valence-electron chi connectivity index (χ0n) is 10.7. The molecule has 5 heteroatoms. The first-order chi connectivity index (χ1) is 8.30. The number of anilines is 1. The number of halogens is 1. The molecule has 0 aliphatic heterocycles. The molecule has 18 heavy (non-hydrogen) atoms. The van der Waals surface area contributed by atoms with Crippen molar-refractivity contribution < 1.29 is 9.18 Å². The van der Waals surface area contributed by atoms with Gasteiger partial charge in [-0.15, -0.1) is 0 Å². The standard InChI is InChI=1S/C13H17FN2OS/c1-4-16(10-7-5-6-9(14)8-10)12(17)13(2,3)11(15)18/h5-8H,4H2,1-3H3,(H2,15,18). The molecule has 0 saturated carbocycles. The maximum absolute atomic E-state index is 13.2. The van der Waals surface area contributed by atoms with Gasteiger partial charge in [-0.2, -0.15) is 0 Å². The van der Waals surface area contributed by atoms with Gasteiger partial charge in [-0.1, -0.05) is 18.3 Å². The van der Waals surface area contributed by atoms with Gasteiger partial charge in [0.25, 0.3) is 0 Å². The van der Waals surface area contributed by atoms with Crippen LogP contribution >= 0.6 is 12.2 Å². The summed E-state index contributed by atoms with van der Waals surface area (Å²) in [5, 5.41) is 0. The van der Waals surface area contributed by atoms with Crippen molar-refractivity contribution in [1.29, 1.82) is 0 Å². The molecule has 0 fully saturated rings. The first-order valence-corrected chi connectivity index (χ1v) is 6.09. The van der Waals surface area contributed by atoms with Crippen LogP contribution < -0.4 is 10.6 Å². The third-order valence-electron chi connectivity index (χ3n) is 2.83. The smallest absolute Gasteiger partial charge is 0.239 e. The van der Waals surface area contributed by atoms with Gasteiger partial charge >= 0.3 is 0 Å². The Morgan fingerprint density at radius 3 is 2.56 bits per heavy atom. The molecular formula is C13H17FN2OS. The summed E-state index contributed by atoms with van der Waals surface area (Å²) in [5.74, 6) is -0.616. The van der Waals surface area contributed by atoms with Gasteiger partial charge in [-0.3, -0.25) is 4.79 Å². The van der Waals surface area contributed by atoms with E-state index in [0.29, 0.717) is 12.2 Å². The van der Waals surface area contributed by atoms with Gasteiger partial charge in [0, 0.05) is 12.2 Å². The molecule has 2 N–H and O–H groups in total. The van der Waals surface area contributed by atoms with Crippen molar-refractivity contribution >= 4 is 28.8 Å². The van der Waals surface area contributed by atoms with E-state index in [1.54, 1.807) is 26.0 Å². The lowest BCUT2D eigenvalue weighted by molar-refractivity contribution is -0.123. The van der Waals surface area contributed by atoms with Crippen LogP contribution in [0.2, 0.25) is 0 Å². The molecule has 98 valence electrons. The molecule has 0 atom stereocenters. The second-order valence-corrected chi connectivity index (χ2v) is 4.96. The second kappa shape index (κ2) is 5.44. The lowest BCUT2D eigenvalue weighted by Crippen LogP contribution is -2.47. The minimum atomic E-state index is -0.947. The molecular weight excluding hydrogens is 251 g/mol. The number of rotatable bonds is 4. The third kappa shape index (κ3) is 2.85. The Balaban J connectivity index is 3.12. The quantitative estimate of drug-likeness (QED) is 0.853. The summed E-state index contributed by atoms with van der Waals surface area (Å²) in [6.07, 6.45) is 0. The summed E-state index contributed by atoms with van der Waals surface area (Å²) in [7, 11) is 0. The van der Waals surface area contributed by atoms with Crippen LogP contribution in [-0.2, 0) is 4.79 Å². The summed E-state index contributed by atoms with van der Waals surface area (Å²) in [4.78, 5) is 14.0. The second-order valence-electron chi connectivity index (χ2n) is 4.52. The Morgan fingerprint density at radius 1 is 1.50 bits per heavy atom. The fourth-order valence-corrected chi connectivity index (χ4v) is 1.62. The molecule has 3 nitrogen and oxygen atoms in total. The summed E-state index contributed by atoms with van der Waals surface area (Å²) < 4.78 is 13.2. The fraction of sp³-hybridized carbons (Fsp3) is 0.385. The number of benzene rings is 1. The van der Waals surface area contributed by atoms with E-state index in [1.807, 2.05) is 6.92 Å². The molecule has 1 amide bonds. The molecule has 1 rings (SSSR count). The lowest BCUT2D eigenvalue weighted by atomic mass is 9.91. The maximum atomic E-state index is 13.2. The van der Waals surface area contributed by atoms with E-state index in [9.17, 15) is 9.18 Å². The van der Waals surface area contributed by atoms with Gasteiger partial charge in [0.05, 0.1) is 10.4 Å². The number of nitrogens with zero attached hydrogens (tertiary/aromatic N) is 1. The van der Waals surface area contributed by atoms with Crippen molar-refractivity contribution in [1.82, 2.24) is 0 Å². The molecule has 0 aliphatic rings. The first-order valence-electron chi connectivity index (χ1n) is 5.68. The Morgan fingerprint density at radius 2 is 2.11 bits per heavy atom. The highest BCUT2D eigenvalue weighted by Crippen LogP contribution is 2.24. The third-order valence-corrected chi connectivity index (χ3v) is 3.34. The van der Waals surface area contributed by atoms with Crippen molar-refractivity contribution in [2.75, 3.05) is 11.4 Å². The number of hydrogen-bond donors (Lipinski definition) is 1. The molecule has 0 spiro atoms. The normalized spacial score (nSPS) is 11.1. The molecule has 1 aromatic carbocycles. The number of hydrogen-bond acceptors (Lipinski definition) is 2. The van der Waals surface area contributed by atoms with Crippen LogP contribution in [0.5, 0.6) is 0 Å². The van der Waals surface area contributed by atoms with Gasteiger partial charge in [-0.25, -0.2) is 4.39 Å². The first kappa shape index (κ1) is 14.6. The van der Waals surface area contributed by atoms with E-state index in [1.165, 1.54) is 17.0 Å². The highest BCUT2D eigenvalue weighted by atomic mass is 32.1. The van der Waals surface area contributed by atoms with Gasteiger partial charge in [0.15, 0.2) is 0 Å². The monoisotopic (exact) mass is 268 g/mol. The molecule has 0 saturated heterocycles. The summed E-state index contributed by atoms with van der Waals surface area (Å²) >= 11 is 4.91. The predicted molar refractivity (Wildman–Crippen MR) is 75.0 cm³/mol. The topological polar surface area (TPSA) is 46.3 Å². The lowest BCUT2D eigenvalue weighted by Gasteiger charge is -2.30. The van der Waals surface area contributed by atoms with Crippen LogP contribution in [0.3, 0.4) is 0 Å². The molecule has 0 heterocycles. The van der Waals surface area contributed by atoms with Crippen LogP contribution in [0.1, 0.15) is 20.8 Å². The largest absolute Gasteiger partial charge is 0.392 e. The number of carbonyl (C=O) groups excluding carboxylic acids is 1. The van der Waals surface area contributed by atoms with Crippen molar-refractivity contribution in [2.24, 2.45) is 11.1 Å². The van der Waals surface area contributed by atoms with E-state index in [4.69, 9.17) is 18.0 Å². The van der Waals surface area contributed by atoms with Crippen molar-refractivity contribution in [2.45, 2.75) is 20.8 Å². The molecule has 0 aliphatic carbocycles. The van der Waals surface area contributed by atoms with Crippen LogP contribution in [0, 0.1) is 11.2 Å². The molecule has 0 unspecified atom stereocenters. The average Bonchev–Trinajstić information content (AvgIpc) is 2.29. The molecule has 0 aromatic heterocycles. The fourth-order valence-electron chi connectivity index (χ4n) is 1.53. The van der Waals surface area contributed by atoms with Crippen LogP contribution in [0.25, 0.3) is 0 Å². The summed E-state index contributed by atoms with van der Waals surface area (Å²) in [6, 6.07) is 5.89. The van der Waals surface area contributed by atoms with Gasteiger partial charge in [0.2, 0.25) is 5.91 Å². The molecule has 1 aromatic rings. The number of carbonyl (C=O) groups is 1. The SMILES string of the molecule is CCN(C(=O)C(C)(C)C(N)=S)c1cccc(F)c1. The van der Waals surface area contributed by atoms with E-state index in [0.717, 1.165) is 0 Å². The predicted octanol–water partition coefficient (Wildman–Crippen LogP) is 2.49. The average molecular weight is 268 g/mol. The minimum Gasteiger partial charge on any atom is -0.392 e. The number of nitrogens with two attached hydrogens (primary N) is 1. The van der Waals surface area contributed by atoms with E-state index in [2.05, 4.69) is 0 Å². The molecule has 0 radical (unpaired) electrons. The Labute approximate surface area is 112 Å². The maximum Gasteiger partial charge on any atom is 0.239 e. The van der Waals surface area contributed by atoms with E-state index >= 15 is 0 Å². The highest BCUT2D eigenvalue weighted by Gasteiger charge is 2.35. The van der Waals surface area contributed by atoms with Crippen molar-refractivity contribution in [3.63, 3.8) is 0 Å². The van der Waals surface area contributed by atoms with Gasteiger partial charge in [-0.05, 0) is 39.0 Å². The van der Waals surface area contributed by atoms with E-state index in [-0.39, 0.29) is 16.7 Å². The van der Waals surface area contributed by atoms with Crippen LogP contribution in [-0.4, -0.2) is 17.4 Å². The zero-order chi connectivity index (χ0) is 13.9. The van der Waals surface area contributed by atoms with E-state index < -0.39 is 5.41 Å². The highest BCUT2D eigenvalue weighted by molar-refractivity contribution is 7.80. The Hall–Kier alpha value is -1.49. The Kier molecular flexibility index (Phi) is 4.40. The van der Waals surface area contributed by atoms with Crippen molar-refractivity contribution in [3.05, 3.63) is 30.1 Å². The van der Waals surface area contributed by atoms with Crippen LogP contribution in [0.15, 0.2) is 24.3 Å².